The number of halogens is 1. The Morgan fingerprint density at radius 2 is 1.79 bits per heavy atom. The SMILES string of the molecule is CN1C(=O)c2cnc3c(c(-c4cccnc4)nn3-c3ccc(F)cc3)c2C1=O. The van der Waals surface area contributed by atoms with Gasteiger partial charge in [-0.3, -0.25) is 19.5 Å². The predicted molar refractivity (Wildman–Crippen MR) is 98.5 cm³/mol. The number of benzene rings is 1. The van der Waals surface area contributed by atoms with Gasteiger partial charge in [-0.2, -0.15) is 5.10 Å². The number of carbonyl (C=O) groups excluding carboxylic acids is 2. The molecule has 0 aliphatic carbocycles. The van der Waals surface area contributed by atoms with Crippen LogP contribution in [-0.4, -0.2) is 43.5 Å². The third-order valence-electron chi connectivity index (χ3n) is 4.76. The zero-order chi connectivity index (χ0) is 19.4. The fourth-order valence-corrected chi connectivity index (χ4v) is 3.38. The summed E-state index contributed by atoms with van der Waals surface area (Å²) in [6.45, 7) is 0. The molecule has 0 radical (unpaired) electrons. The first-order valence-electron chi connectivity index (χ1n) is 8.46. The minimum absolute atomic E-state index is 0.240. The number of hydrogen-bond acceptors (Lipinski definition) is 5. The first-order chi connectivity index (χ1) is 13.6. The highest BCUT2D eigenvalue weighted by Gasteiger charge is 2.37. The fraction of sp³-hybridized carbons (Fsp3) is 0.0500. The van der Waals surface area contributed by atoms with E-state index in [1.54, 1.807) is 30.6 Å². The maximum absolute atomic E-state index is 13.4. The third-order valence-corrected chi connectivity index (χ3v) is 4.76. The Labute approximate surface area is 158 Å². The van der Waals surface area contributed by atoms with Gasteiger partial charge in [0, 0.05) is 31.2 Å². The lowest BCUT2D eigenvalue weighted by Crippen LogP contribution is -2.24. The second-order valence-corrected chi connectivity index (χ2v) is 6.39. The lowest BCUT2D eigenvalue weighted by Gasteiger charge is -2.03. The van der Waals surface area contributed by atoms with Crippen molar-refractivity contribution in [2.24, 2.45) is 0 Å². The van der Waals surface area contributed by atoms with Crippen LogP contribution in [0.5, 0.6) is 0 Å². The summed E-state index contributed by atoms with van der Waals surface area (Å²) in [5.74, 6) is -1.18. The van der Waals surface area contributed by atoms with Crippen molar-refractivity contribution in [1.82, 2.24) is 24.6 Å². The number of hydrogen-bond donors (Lipinski definition) is 0. The minimum Gasteiger partial charge on any atom is -0.277 e. The number of carbonyl (C=O) groups is 2. The summed E-state index contributed by atoms with van der Waals surface area (Å²) < 4.78 is 14.9. The van der Waals surface area contributed by atoms with E-state index in [2.05, 4.69) is 15.1 Å². The van der Waals surface area contributed by atoms with E-state index in [-0.39, 0.29) is 16.9 Å². The lowest BCUT2D eigenvalue weighted by molar-refractivity contribution is 0.0693. The number of imide groups is 1. The van der Waals surface area contributed by atoms with Gasteiger partial charge in [-0.1, -0.05) is 0 Å². The number of pyridine rings is 2. The van der Waals surface area contributed by atoms with Gasteiger partial charge >= 0.3 is 0 Å². The molecule has 2 amide bonds. The van der Waals surface area contributed by atoms with Crippen LogP contribution in [0.3, 0.4) is 0 Å². The lowest BCUT2D eigenvalue weighted by atomic mass is 10.0. The number of rotatable bonds is 2. The summed E-state index contributed by atoms with van der Waals surface area (Å²) in [6.07, 6.45) is 4.64. The highest BCUT2D eigenvalue weighted by molar-refractivity contribution is 6.27. The van der Waals surface area contributed by atoms with Gasteiger partial charge in [0.25, 0.3) is 11.8 Å². The summed E-state index contributed by atoms with van der Waals surface area (Å²) in [7, 11) is 1.44. The van der Waals surface area contributed by atoms with E-state index < -0.39 is 11.8 Å². The van der Waals surface area contributed by atoms with Gasteiger partial charge in [0.05, 0.1) is 22.2 Å². The fourth-order valence-electron chi connectivity index (χ4n) is 3.38. The van der Waals surface area contributed by atoms with Gasteiger partial charge in [0.1, 0.15) is 11.5 Å². The predicted octanol–water partition coefficient (Wildman–Crippen LogP) is 2.85. The smallest absolute Gasteiger partial charge is 0.262 e. The molecule has 0 spiro atoms. The minimum atomic E-state index is -0.406. The molecular weight excluding hydrogens is 361 g/mol. The molecule has 3 aromatic heterocycles. The zero-order valence-corrected chi connectivity index (χ0v) is 14.6. The number of nitrogens with zero attached hydrogens (tertiary/aromatic N) is 5. The van der Waals surface area contributed by atoms with Crippen LogP contribution in [0, 0.1) is 5.82 Å². The van der Waals surface area contributed by atoms with E-state index in [1.807, 2.05) is 6.07 Å². The average Bonchev–Trinajstić information content (AvgIpc) is 3.21. The van der Waals surface area contributed by atoms with Crippen molar-refractivity contribution < 1.29 is 14.0 Å². The van der Waals surface area contributed by atoms with E-state index >= 15 is 0 Å². The first-order valence-corrected chi connectivity index (χ1v) is 8.46. The van der Waals surface area contributed by atoms with Gasteiger partial charge in [0.2, 0.25) is 0 Å². The molecule has 8 heteroatoms. The molecule has 4 aromatic rings. The van der Waals surface area contributed by atoms with Gasteiger partial charge in [-0.25, -0.2) is 14.1 Å². The molecular formula is C20H12FN5O2. The van der Waals surface area contributed by atoms with Crippen LogP contribution in [0.15, 0.2) is 55.0 Å². The van der Waals surface area contributed by atoms with Crippen LogP contribution in [0.1, 0.15) is 20.7 Å². The number of fused-ring (bicyclic) bond motifs is 3. The zero-order valence-electron chi connectivity index (χ0n) is 14.6. The van der Waals surface area contributed by atoms with E-state index in [1.165, 1.54) is 30.1 Å². The first kappa shape index (κ1) is 16.2. The van der Waals surface area contributed by atoms with Gasteiger partial charge in [-0.05, 0) is 36.4 Å². The second kappa shape index (κ2) is 5.78. The Morgan fingerprint density at radius 3 is 2.50 bits per heavy atom. The standard InChI is InChI=1S/C20H12FN5O2/c1-25-19(27)14-10-23-18-16(15(14)20(25)28)17(11-3-2-8-22-9-11)24-26(18)13-6-4-12(21)5-7-13/h2-10H,1H3. The van der Waals surface area contributed by atoms with Crippen LogP contribution in [0.4, 0.5) is 4.39 Å². The van der Waals surface area contributed by atoms with Crippen molar-refractivity contribution >= 4 is 22.8 Å². The summed E-state index contributed by atoms with van der Waals surface area (Å²) in [4.78, 5) is 34.8. The molecule has 136 valence electrons. The molecule has 0 bridgehead atoms. The van der Waals surface area contributed by atoms with Crippen molar-refractivity contribution in [2.45, 2.75) is 0 Å². The quantitative estimate of drug-likeness (QED) is 0.505. The molecule has 28 heavy (non-hydrogen) atoms. The van der Waals surface area contributed by atoms with Crippen LogP contribution >= 0.6 is 0 Å². The van der Waals surface area contributed by atoms with Gasteiger partial charge in [-0.15, -0.1) is 0 Å². The summed E-state index contributed by atoms with van der Waals surface area (Å²) >= 11 is 0. The van der Waals surface area contributed by atoms with E-state index in [9.17, 15) is 14.0 Å². The Hall–Kier alpha value is -3.94. The molecule has 0 saturated heterocycles. The molecule has 1 aliphatic heterocycles. The van der Waals surface area contributed by atoms with Gasteiger partial charge in [0.15, 0.2) is 5.65 Å². The van der Waals surface area contributed by atoms with Crippen LogP contribution in [-0.2, 0) is 0 Å². The molecule has 0 unspecified atom stereocenters. The highest BCUT2D eigenvalue weighted by atomic mass is 19.1. The van der Waals surface area contributed by atoms with Crippen LogP contribution in [0.25, 0.3) is 28.0 Å². The molecule has 1 aliphatic rings. The van der Waals surface area contributed by atoms with E-state index in [0.717, 1.165) is 4.90 Å². The van der Waals surface area contributed by atoms with E-state index in [4.69, 9.17) is 0 Å². The van der Waals surface area contributed by atoms with Crippen LogP contribution in [0.2, 0.25) is 0 Å². The molecule has 0 N–H and O–H groups in total. The van der Waals surface area contributed by atoms with Crippen LogP contribution < -0.4 is 0 Å². The summed E-state index contributed by atoms with van der Waals surface area (Å²) in [5, 5.41) is 5.10. The average molecular weight is 373 g/mol. The second-order valence-electron chi connectivity index (χ2n) is 6.39. The maximum atomic E-state index is 13.4. The topological polar surface area (TPSA) is 81.0 Å². The van der Waals surface area contributed by atoms with Crippen molar-refractivity contribution in [3.8, 4) is 16.9 Å². The van der Waals surface area contributed by atoms with Crippen molar-refractivity contribution in [3.63, 3.8) is 0 Å². The molecule has 0 saturated carbocycles. The Balaban J connectivity index is 1.89. The Kier molecular flexibility index (Phi) is 3.35. The Bertz CT molecular complexity index is 1270. The molecule has 0 atom stereocenters. The highest BCUT2D eigenvalue weighted by Crippen LogP contribution is 2.35. The maximum Gasteiger partial charge on any atom is 0.262 e. The summed E-state index contributed by atoms with van der Waals surface area (Å²) in [6, 6.07) is 9.36. The molecule has 1 aromatic carbocycles. The molecule has 4 heterocycles. The van der Waals surface area contributed by atoms with Gasteiger partial charge < -0.3 is 0 Å². The van der Waals surface area contributed by atoms with Crippen molar-refractivity contribution in [3.05, 3.63) is 71.9 Å². The molecule has 5 rings (SSSR count). The molecule has 7 nitrogen and oxygen atoms in total. The monoisotopic (exact) mass is 373 g/mol. The number of aromatic nitrogens is 4. The van der Waals surface area contributed by atoms with Crippen molar-refractivity contribution in [2.75, 3.05) is 7.05 Å². The van der Waals surface area contributed by atoms with E-state index in [0.29, 0.717) is 28.0 Å². The number of amides is 2. The summed E-state index contributed by atoms with van der Waals surface area (Å²) in [5.41, 5.74) is 2.65. The third kappa shape index (κ3) is 2.18. The largest absolute Gasteiger partial charge is 0.277 e. The normalized spacial score (nSPS) is 13.4. The Morgan fingerprint density at radius 1 is 1.00 bits per heavy atom. The molecule has 0 fully saturated rings. The van der Waals surface area contributed by atoms with Crippen molar-refractivity contribution in [1.29, 1.82) is 0 Å².